The highest BCUT2D eigenvalue weighted by Gasteiger charge is 2.07. The predicted molar refractivity (Wildman–Crippen MR) is 89.6 cm³/mol. The second kappa shape index (κ2) is 11.4. The van der Waals surface area contributed by atoms with Gasteiger partial charge in [-0.2, -0.15) is 0 Å². The topological polar surface area (TPSA) is 114 Å². The fourth-order valence-electron chi connectivity index (χ4n) is 1.68. The van der Waals surface area contributed by atoms with E-state index in [9.17, 15) is 19.2 Å². The smallest absolute Gasteiger partial charge is 0.330 e. The van der Waals surface area contributed by atoms with E-state index in [0.29, 0.717) is 6.54 Å². The van der Waals surface area contributed by atoms with Gasteiger partial charge in [-0.1, -0.05) is 30.3 Å². The number of benzene rings is 1. The molecule has 0 fully saturated rings. The molecule has 0 bridgehead atoms. The number of hydrogen-bond donors (Lipinski definition) is 3. The Kier molecular flexibility index (Phi) is 9.06. The van der Waals surface area contributed by atoms with Crippen molar-refractivity contribution in [2.75, 3.05) is 6.61 Å². The number of hydrazine groups is 1. The van der Waals surface area contributed by atoms with Gasteiger partial charge in [0.15, 0.2) is 0 Å². The quantitative estimate of drug-likeness (QED) is 0.357. The fourth-order valence-corrected chi connectivity index (χ4v) is 1.68. The summed E-state index contributed by atoms with van der Waals surface area (Å²) in [6.07, 6.45) is 1.79. The van der Waals surface area contributed by atoms with Crippen molar-refractivity contribution >= 4 is 23.7 Å². The van der Waals surface area contributed by atoms with Crippen molar-refractivity contribution in [3.8, 4) is 0 Å². The predicted octanol–water partition coefficient (Wildman–Crippen LogP) is 0.350. The van der Waals surface area contributed by atoms with E-state index in [-0.39, 0.29) is 25.4 Å². The molecule has 25 heavy (non-hydrogen) atoms. The number of amides is 3. The van der Waals surface area contributed by atoms with Crippen LogP contribution in [0.25, 0.3) is 0 Å². The number of rotatable bonds is 8. The van der Waals surface area contributed by atoms with Crippen molar-refractivity contribution in [3.63, 3.8) is 0 Å². The van der Waals surface area contributed by atoms with Crippen LogP contribution in [0, 0.1) is 0 Å². The van der Waals surface area contributed by atoms with Gasteiger partial charge in [-0.3, -0.25) is 25.2 Å². The standard InChI is InChI=1S/C17H21N3O5/c1-2-25-17(24)11-10-16(23)20-19-15(22)9-8-14(21)18-12-13-6-4-3-5-7-13/h3-7,10-11H,2,8-9,12H2,1H3,(H,18,21)(H,19,22)(H,20,23). The highest BCUT2D eigenvalue weighted by atomic mass is 16.5. The Morgan fingerprint density at radius 2 is 1.64 bits per heavy atom. The maximum atomic E-state index is 11.7. The minimum atomic E-state index is -0.685. The summed E-state index contributed by atoms with van der Waals surface area (Å²) in [5.74, 6) is -2.13. The first kappa shape index (κ1) is 19.9. The van der Waals surface area contributed by atoms with Gasteiger partial charge in [-0.05, 0) is 12.5 Å². The molecule has 0 radical (unpaired) electrons. The summed E-state index contributed by atoms with van der Waals surface area (Å²) in [5.41, 5.74) is 5.20. The third kappa shape index (κ3) is 9.54. The number of carbonyl (C=O) groups is 4. The van der Waals surface area contributed by atoms with Crippen molar-refractivity contribution in [1.82, 2.24) is 16.2 Å². The van der Waals surface area contributed by atoms with Crippen LogP contribution in [0.1, 0.15) is 25.3 Å². The maximum Gasteiger partial charge on any atom is 0.330 e. The molecular weight excluding hydrogens is 326 g/mol. The van der Waals surface area contributed by atoms with Crippen LogP contribution in [0.5, 0.6) is 0 Å². The summed E-state index contributed by atoms with van der Waals surface area (Å²) in [5, 5.41) is 2.70. The van der Waals surface area contributed by atoms with E-state index in [1.54, 1.807) is 6.92 Å². The van der Waals surface area contributed by atoms with Crippen LogP contribution < -0.4 is 16.2 Å². The number of carbonyl (C=O) groups excluding carboxylic acids is 4. The van der Waals surface area contributed by atoms with Crippen LogP contribution in [0.15, 0.2) is 42.5 Å². The van der Waals surface area contributed by atoms with Crippen LogP contribution in [-0.4, -0.2) is 30.3 Å². The van der Waals surface area contributed by atoms with E-state index in [0.717, 1.165) is 17.7 Å². The molecule has 0 spiro atoms. The Labute approximate surface area is 145 Å². The van der Waals surface area contributed by atoms with Crippen molar-refractivity contribution in [2.45, 2.75) is 26.3 Å². The van der Waals surface area contributed by atoms with E-state index >= 15 is 0 Å². The highest BCUT2D eigenvalue weighted by molar-refractivity contribution is 5.95. The zero-order valence-electron chi connectivity index (χ0n) is 13.9. The Morgan fingerprint density at radius 1 is 0.960 bits per heavy atom. The average Bonchev–Trinajstić information content (AvgIpc) is 2.62. The molecule has 1 aromatic rings. The van der Waals surface area contributed by atoms with Crippen LogP contribution in [0.2, 0.25) is 0 Å². The summed E-state index contributed by atoms with van der Waals surface area (Å²) < 4.78 is 4.60. The molecule has 0 saturated carbocycles. The van der Waals surface area contributed by atoms with Gasteiger partial charge in [0.05, 0.1) is 6.61 Å². The van der Waals surface area contributed by atoms with Crippen LogP contribution in [0.4, 0.5) is 0 Å². The van der Waals surface area contributed by atoms with E-state index in [2.05, 4.69) is 20.9 Å². The van der Waals surface area contributed by atoms with Gasteiger partial charge in [-0.15, -0.1) is 0 Å². The summed E-state index contributed by atoms with van der Waals surface area (Å²) in [4.78, 5) is 45.6. The summed E-state index contributed by atoms with van der Waals surface area (Å²) in [7, 11) is 0. The Morgan fingerprint density at radius 3 is 2.32 bits per heavy atom. The molecule has 0 aliphatic heterocycles. The average molecular weight is 347 g/mol. The fraction of sp³-hybridized carbons (Fsp3) is 0.294. The third-order valence-corrected chi connectivity index (χ3v) is 2.89. The van der Waals surface area contributed by atoms with Crippen LogP contribution in [0.3, 0.4) is 0 Å². The molecule has 0 aliphatic carbocycles. The summed E-state index contributed by atoms with van der Waals surface area (Å²) in [6, 6.07) is 9.38. The molecule has 134 valence electrons. The first-order valence-electron chi connectivity index (χ1n) is 7.75. The molecule has 1 aromatic carbocycles. The zero-order valence-corrected chi connectivity index (χ0v) is 13.9. The van der Waals surface area contributed by atoms with Gasteiger partial charge in [0.1, 0.15) is 0 Å². The molecule has 1 rings (SSSR count). The van der Waals surface area contributed by atoms with Crippen molar-refractivity contribution in [1.29, 1.82) is 0 Å². The number of ether oxygens (including phenoxy) is 1. The van der Waals surface area contributed by atoms with Gasteiger partial charge in [0, 0.05) is 31.5 Å². The SMILES string of the molecule is CCOC(=O)C=CC(=O)NNC(=O)CCC(=O)NCc1ccccc1. The minimum Gasteiger partial charge on any atom is -0.463 e. The van der Waals surface area contributed by atoms with Crippen molar-refractivity contribution in [3.05, 3.63) is 48.0 Å². The van der Waals surface area contributed by atoms with Gasteiger partial charge < -0.3 is 10.1 Å². The molecule has 8 heteroatoms. The van der Waals surface area contributed by atoms with E-state index in [4.69, 9.17) is 0 Å². The normalized spacial score (nSPS) is 10.1. The maximum absolute atomic E-state index is 11.7. The van der Waals surface area contributed by atoms with Crippen LogP contribution in [-0.2, 0) is 30.5 Å². The van der Waals surface area contributed by atoms with Gasteiger partial charge in [0.2, 0.25) is 11.8 Å². The monoisotopic (exact) mass is 347 g/mol. The molecule has 0 unspecified atom stereocenters. The van der Waals surface area contributed by atoms with Crippen LogP contribution >= 0.6 is 0 Å². The van der Waals surface area contributed by atoms with Gasteiger partial charge >= 0.3 is 5.97 Å². The number of nitrogens with one attached hydrogen (secondary N) is 3. The van der Waals surface area contributed by atoms with Crippen molar-refractivity contribution < 1.29 is 23.9 Å². The zero-order chi connectivity index (χ0) is 18.5. The second-order valence-electron chi connectivity index (χ2n) is 4.89. The molecular formula is C17H21N3O5. The molecule has 3 amide bonds. The molecule has 0 heterocycles. The van der Waals surface area contributed by atoms with Gasteiger partial charge in [0.25, 0.3) is 5.91 Å². The number of esters is 1. The van der Waals surface area contributed by atoms with Gasteiger partial charge in [-0.25, -0.2) is 4.79 Å². The molecule has 0 aliphatic rings. The lowest BCUT2D eigenvalue weighted by molar-refractivity contribution is -0.137. The molecule has 0 saturated heterocycles. The largest absolute Gasteiger partial charge is 0.463 e. The second-order valence-corrected chi connectivity index (χ2v) is 4.89. The third-order valence-electron chi connectivity index (χ3n) is 2.89. The number of hydrogen-bond acceptors (Lipinski definition) is 5. The minimum absolute atomic E-state index is 0.00674. The van der Waals surface area contributed by atoms with E-state index in [1.165, 1.54) is 0 Å². The molecule has 0 aromatic heterocycles. The molecule has 8 nitrogen and oxygen atoms in total. The molecule has 3 N–H and O–H groups in total. The van der Waals surface area contributed by atoms with E-state index in [1.807, 2.05) is 30.3 Å². The first-order valence-corrected chi connectivity index (χ1v) is 7.75. The van der Waals surface area contributed by atoms with E-state index < -0.39 is 17.8 Å². The summed E-state index contributed by atoms with van der Waals surface area (Å²) in [6.45, 7) is 2.23. The first-order chi connectivity index (χ1) is 12.0. The lowest BCUT2D eigenvalue weighted by Crippen LogP contribution is -2.41. The lowest BCUT2D eigenvalue weighted by Gasteiger charge is -2.06. The lowest BCUT2D eigenvalue weighted by atomic mass is 10.2. The van der Waals surface area contributed by atoms with Crippen molar-refractivity contribution in [2.24, 2.45) is 0 Å². The Hall–Kier alpha value is -3.16. The summed E-state index contributed by atoms with van der Waals surface area (Å²) >= 11 is 0. The highest BCUT2D eigenvalue weighted by Crippen LogP contribution is 1.98. The Bertz CT molecular complexity index is 628. The molecule has 0 atom stereocenters. The Balaban J connectivity index is 2.18.